The highest BCUT2D eigenvalue weighted by molar-refractivity contribution is 7.11. The van der Waals surface area contributed by atoms with Crippen LogP contribution in [0.1, 0.15) is 36.1 Å². The van der Waals surface area contributed by atoms with Crippen LogP contribution in [0.15, 0.2) is 53.9 Å². The van der Waals surface area contributed by atoms with Gasteiger partial charge in [-0.2, -0.15) is 0 Å². The first kappa shape index (κ1) is 17.7. The number of anilines is 1. The van der Waals surface area contributed by atoms with Gasteiger partial charge in [-0.3, -0.25) is 4.79 Å². The maximum absolute atomic E-state index is 14.3. The van der Waals surface area contributed by atoms with E-state index in [0.717, 1.165) is 33.9 Å². The highest BCUT2D eigenvalue weighted by Crippen LogP contribution is 2.47. The summed E-state index contributed by atoms with van der Waals surface area (Å²) in [4.78, 5) is 13.4. The Labute approximate surface area is 161 Å². The van der Waals surface area contributed by atoms with Gasteiger partial charge in [0.1, 0.15) is 11.6 Å². The number of halogens is 1. The number of carbonyl (C=O) groups excluding carboxylic acids is 1. The standard InChI is InChI=1S/C22H20FNO2S/c1-2-11-26-15-9-7-14(8-10-15)17-12-20(25)24-21-18(13-27-22(17)21)16-5-3-4-6-19(16)23/h3-10,13,17H,2,11-12H2,1H3,(H,24,25). The van der Waals surface area contributed by atoms with Crippen LogP contribution in [0.2, 0.25) is 0 Å². The molecule has 1 aromatic heterocycles. The summed E-state index contributed by atoms with van der Waals surface area (Å²) in [5, 5.41) is 4.88. The molecule has 5 heteroatoms. The minimum Gasteiger partial charge on any atom is -0.494 e. The molecule has 3 nitrogen and oxygen atoms in total. The Morgan fingerprint density at radius 1 is 1.15 bits per heavy atom. The SMILES string of the molecule is CCCOc1ccc(C2CC(=O)Nc3c(-c4ccccc4F)csc32)cc1. The molecule has 0 radical (unpaired) electrons. The van der Waals surface area contributed by atoms with Crippen molar-refractivity contribution in [3.63, 3.8) is 0 Å². The summed E-state index contributed by atoms with van der Waals surface area (Å²) >= 11 is 1.57. The average molecular weight is 381 g/mol. The summed E-state index contributed by atoms with van der Waals surface area (Å²) in [7, 11) is 0. The summed E-state index contributed by atoms with van der Waals surface area (Å²) < 4.78 is 19.9. The number of benzene rings is 2. The van der Waals surface area contributed by atoms with E-state index >= 15 is 0 Å². The summed E-state index contributed by atoms with van der Waals surface area (Å²) in [5.41, 5.74) is 3.06. The van der Waals surface area contributed by atoms with Crippen LogP contribution in [-0.2, 0) is 4.79 Å². The third-order valence-corrected chi connectivity index (χ3v) is 5.81. The number of hydrogen-bond acceptors (Lipinski definition) is 3. The van der Waals surface area contributed by atoms with Gasteiger partial charge in [0.05, 0.1) is 12.3 Å². The van der Waals surface area contributed by atoms with Gasteiger partial charge in [0.15, 0.2) is 0 Å². The van der Waals surface area contributed by atoms with Crippen LogP contribution in [0.25, 0.3) is 11.1 Å². The first-order valence-electron chi connectivity index (χ1n) is 9.06. The zero-order valence-corrected chi connectivity index (χ0v) is 15.8. The summed E-state index contributed by atoms with van der Waals surface area (Å²) in [6, 6.07) is 14.6. The third-order valence-electron chi connectivity index (χ3n) is 4.71. The Kier molecular flexibility index (Phi) is 4.94. The van der Waals surface area contributed by atoms with E-state index in [2.05, 4.69) is 12.2 Å². The molecule has 1 N–H and O–H groups in total. The fourth-order valence-electron chi connectivity index (χ4n) is 3.39. The first-order valence-corrected chi connectivity index (χ1v) is 9.94. The maximum atomic E-state index is 14.3. The zero-order valence-electron chi connectivity index (χ0n) is 15.0. The Morgan fingerprint density at radius 2 is 1.93 bits per heavy atom. The molecule has 138 valence electrons. The predicted molar refractivity (Wildman–Crippen MR) is 107 cm³/mol. The van der Waals surface area contributed by atoms with E-state index in [-0.39, 0.29) is 17.6 Å². The van der Waals surface area contributed by atoms with E-state index in [4.69, 9.17) is 4.74 Å². The topological polar surface area (TPSA) is 38.3 Å². The molecule has 1 atom stereocenters. The van der Waals surface area contributed by atoms with Crippen LogP contribution in [0, 0.1) is 5.82 Å². The van der Waals surface area contributed by atoms with Gasteiger partial charge in [-0.15, -0.1) is 11.3 Å². The fraction of sp³-hybridized carbons (Fsp3) is 0.227. The molecule has 0 bridgehead atoms. The normalized spacial score (nSPS) is 15.9. The van der Waals surface area contributed by atoms with Crippen LogP contribution in [0.4, 0.5) is 10.1 Å². The average Bonchev–Trinajstić information content (AvgIpc) is 3.10. The summed E-state index contributed by atoms with van der Waals surface area (Å²) in [6.07, 6.45) is 1.35. The van der Waals surface area contributed by atoms with Crippen molar-refractivity contribution in [2.45, 2.75) is 25.7 Å². The second kappa shape index (κ2) is 7.53. The van der Waals surface area contributed by atoms with Crippen molar-refractivity contribution in [1.82, 2.24) is 0 Å². The number of hydrogen-bond donors (Lipinski definition) is 1. The third kappa shape index (κ3) is 3.47. The summed E-state index contributed by atoms with van der Waals surface area (Å²) in [6.45, 7) is 2.76. The van der Waals surface area contributed by atoms with Crippen molar-refractivity contribution >= 4 is 22.9 Å². The Morgan fingerprint density at radius 3 is 2.67 bits per heavy atom. The van der Waals surface area contributed by atoms with Gasteiger partial charge in [0, 0.05) is 33.7 Å². The number of nitrogens with one attached hydrogen (secondary N) is 1. The molecule has 1 aliphatic rings. The molecule has 27 heavy (non-hydrogen) atoms. The van der Waals surface area contributed by atoms with Crippen LogP contribution in [0.3, 0.4) is 0 Å². The fourth-order valence-corrected chi connectivity index (χ4v) is 4.54. The van der Waals surface area contributed by atoms with Crippen LogP contribution in [0.5, 0.6) is 5.75 Å². The second-order valence-corrected chi connectivity index (χ2v) is 7.50. The lowest BCUT2D eigenvalue weighted by Gasteiger charge is -2.24. The molecule has 2 aromatic carbocycles. The number of fused-ring (bicyclic) bond motifs is 1. The number of carbonyl (C=O) groups is 1. The smallest absolute Gasteiger partial charge is 0.225 e. The van der Waals surface area contributed by atoms with Crippen molar-refractivity contribution < 1.29 is 13.9 Å². The molecule has 0 spiro atoms. The van der Waals surface area contributed by atoms with Crippen molar-refractivity contribution in [2.75, 3.05) is 11.9 Å². The highest BCUT2D eigenvalue weighted by atomic mass is 32.1. The molecular weight excluding hydrogens is 361 g/mol. The van der Waals surface area contributed by atoms with Crippen molar-refractivity contribution in [2.24, 2.45) is 0 Å². The molecule has 0 saturated heterocycles. The van der Waals surface area contributed by atoms with E-state index in [1.54, 1.807) is 29.5 Å². The highest BCUT2D eigenvalue weighted by Gasteiger charge is 2.30. The molecule has 1 aliphatic heterocycles. The maximum Gasteiger partial charge on any atom is 0.225 e. The number of thiophene rings is 1. The molecule has 1 amide bonds. The van der Waals surface area contributed by atoms with E-state index in [1.165, 1.54) is 6.07 Å². The van der Waals surface area contributed by atoms with Crippen molar-refractivity contribution in [3.8, 4) is 16.9 Å². The lowest BCUT2D eigenvalue weighted by molar-refractivity contribution is -0.116. The summed E-state index contributed by atoms with van der Waals surface area (Å²) in [5.74, 6) is 0.473. The van der Waals surface area contributed by atoms with E-state index < -0.39 is 0 Å². The second-order valence-electron chi connectivity index (χ2n) is 6.59. The first-order chi connectivity index (χ1) is 13.2. The van der Waals surface area contributed by atoms with Gasteiger partial charge in [-0.25, -0.2) is 4.39 Å². The minimum atomic E-state index is -0.285. The van der Waals surface area contributed by atoms with Gasteiger partial charge in [0.25, 0.3) is 0 Å². The monoisotopic (exact) mass is 381 g/mol. The lowest BCUT2D eigenvalue weighted by Crippen LogP contribution is -2.22. The van der Waals surface area contributed by atoms with Gasteiger partial charge in [-0.05, 0) is 30.2 Å². The molecule has 0 aliphatic carbocycles. The van der Waals surface area contributed by atoms with Crippen LogP contribution >= 0.6 is 11.3 Å². The minimum absolute atomic E-state index is 0.0282. The van der Waals surface area contributed by atoms with Crippen LogP contribution in [-0.4, -0.2) is 12.5 Å². The van der Waals surface area contributed by atoms with Crippen molar-refractivity contribution in [1.29, 1.82) is 0 Å². The lowest BCUT2D eigenvalue weighted by atomic mass is 9.89. The van der Waals surface area contributed by atoms with Crippen LogP contribution < -0.4 is 10.1 Å². The molecule has 4 rings (SSSR count). The molecule has 0 saturated carbocycles. The molecule has 1 unspecified atom stereocenters. The number of ether oxygens (including phenoxy) is 1. The molecule has 0 fully saturated rings. The number of amides is 1. The Balaban J connectivity index is 1.70. The Bertz CT molecular complexity index is 965. The van der Waals surface area contributed by atoms with Crippen molar-refractivity contribution in [3.05, 3.63) is 70.2 Å². The van der Waals surface area contributed by atoms with Gasteiger partial charge < -0.3 is 10.1 Å². The molecule has 3 aromatic rings. The number of rotatable bonds is 5. The molecular formula is C22H20FNO2S. The molecule has 2 heterocycles. The Hall–Kier alpha value is -2.66. The van der Waals surface area contributed by atoms with E-state index in [9.17, 15) is 9.18 Å². The predicted octanol–water partition coefficient (Wildman–Crippen LogP) is 5.82. The van der Waals surface area contributed by atoms with Gasteiger partial charge in [-0.1, -0.05) is 37.3 Å². The van der Waals surface area contributed by atoms with E-state index in [1.807, 2.05) is 29.6 Å². The van der Waals surface area contributed by atoms with E-state index in [0.29, 0.717) is 18.6 Å². The quantitative estimate of drug-likeness (QED) is 0.605. The van der Waals surface area contributed by atoms with Gasteiger partial charge in [0.2, 0.25) is 5.91 Å². The largest absolute Gasteiger partial charge is 0.494 e. The van der Waals surface area contributed by atoms with Gasteiger partial charge >= 0.3 is 0 Å². The zero-order chi connectivity index (χ0) is 18.8.